The SMILES string of the molecule is CC1(C(=O)O)CCCN(C(=O)c2ccc([N+](=O)[O-])[nH]2)C1. The molecule has 0 radical (unpaired) electrons. The molecular weight excluding hydrogens is 266 g/mol. The number of aromatic nitrogens is 1. The molecule has 8 nitrogen and oxygen atoms in total. The molecule has 2 N–H and O–H groups in total. The number of piperidine rings is 1. The van der Waals surface area contributed by atoms with E-state index in [1.54, 1.807) is 6.92 Å². The van der Waals surface area contributed by atoms with E-state index in [4.69, 9.17) is 0 Å². The van der Waals surface area contributed by atoms with Crippen molar-refractivity contribution in [2.24, 2.45) is 5.41 Å². The summed E-state index contributed by atoms with van der Waals surface area (Å²) >= 11 is 0. The van der Waals surface area contributed by atoms with Crippen molar-refractivity contribution >= 4 is 17.7 Å². The molecule has 1 fully saturated rings. The van der Waals surface area contributed by atoms with Crippen LogP contribution in [0.1, 0.15) is 30.3 Å². The maximum absolute atomic E-state index is 12.2. The molecule has 108 valence electrons. The Bertz CT molecular complexity index is 567. The Labute approximate surface area is 114 Å². The van der Waals surface area contributed by atoms with Gasteiger partial charge in [-0.05, 0) is 30.8 Å². The number of carboxylic acid groups (broad SMARTS) is 1. The minimum Gasteiger partial charge on any atom is -0.481 e. The third-order valence-corrected chi connectivity index (χ3v) is 3.60. The highest BCUT2D eigenvalue weighted by Gasteiger charge is 2.40. The number of nitro groups is 1. The van der Waals surface area contributed by atoms with Crippen molar-refractivity contribution in [3.8, 4) is 0 Å². The van der Waals surface area contributed by atoms with Crippen LogP contribution in [-0.4, -0.2) is 44.9 Å². The molecular formula is C12H15N3O5. The van der Waals surface area contributed by atoms with Crippen molar-refractivity contribution in [1.82, 2.24) is 9.88 Å². The molecule has 1 saturated heterocycles. The first kappa shape index (κ1) is 14.0. The molecule has 1 amide bonds. The number of carbonyl (C=O) groups is 2. The zero-order chi connectivity index (χ0) is 14.9. The van der Waals surface area contributed by atoms with Crippen LogP contribution < -0.4 is 0 Å². The van der Waals surface area contributed by atoms with Crippen LogP contribution >= 0.6 is 0 Å². The van der Waals surface area contributed by atoms with E-state index in [2.05, 4.69) is 4.98 Å². The Morgan fingerprint density at radius 1 is 1.50 bits per heavy atom. The zero-order valence-corrected chi connectivity index (χ0v) is 11.0. The molecule has 1 aromatic heterocycles. The lowest BCUT2D eigenvalue weighted by Gasteiger charge is -2.36. The van der Waals surface area contributed by atoms with Gasteiger partial charge in [-0.15, -0.1) is 0 Å². The fourth-order valence-electron chi connectivity index (χ4n) is 2.37. The molecule has 0 saturated carbocycles. The second kappa shape index (κ2) is 4.95. The second-order valence-corrected chi connectivity index (χ2v) is 5.21. The molecule has 1 atom stereocenters. The lowest BCUT2D eigenvalue weighted by molar-refractivity contribution is -0.389. The number of nitrogens with zero attached hydrogens (tertiary/aromatic N) is 2. The van der Waals surface area contributed by atoms with Gasteiger partial charge in [-0.1, -0.05) is 0 Å². The van der Waals surface area contributed by atoms with E-state index in [-0.39, 0.29) is 18.1 Å². The second-order valence-electron chi connectivity index (χ2n) is 5.21. The number of nitrogens with one attached hydrogen (secondary N) is 1. The Morgan fingerprint density at radius 2 is 2.20 bits per heavy atom. The van der Waals surface area contributed by atoms with Crippen LogP contribution in [0.25, 0.3) is 0 Å². The van der Waals surface area contributed by atoms with Crippen LogP contribution in [0.5, 0.6) is 0 Å². The number of rotatable bonds is 3. The lowest BCUT2D eigenvalue weighted by Crippen LogP contribution is -2.48. The monoisotopic (exact) mass is 281 g/mol. The Balaban J connectivity index is 2.16. The summed E-state index contributed by atoms with van der Waals surface area (Å²) in [6.45, 7) is 2.16. The fourth-order valence-corrected chi connectivity index (χ4v) is 2.37. The molecule has 1 unspecified atom stereocenters. The van der Waals surface area contributed by atoms with Gasteiger partial charge < -0.3 is 20.1 Å². The molecule has 2 heterocycles. The highest BCUT2D eigenvalue weighted by molar-refractivity contribution is 5.93. The zero-order valence-electron chi connectivity index (χ0n) is 11.0. The summed E-state index contributed by atoms with van der Waals surface area (Å²) in [5, 5.41) is 19.8. The van der Waals surface area contributed by atoms with Gasteiger partial charge in [0.05, 0.1) is 5.41 Å². The molecule has 0 aromatic carbocycles. The van der Waals surface area contributed by atoms with Crippen LogP contribution in [0.4, 0.5) is 5.82 Å². The summed E-state index contributed by atoms with van der Waals surface area (Å²) in [5.74, 6) is -1.61. The number of amides is 1. The third-order valence-electron chi connectivity index (χ3n) is 3.60. The van der Waals surface area contributed by atoms with Crippen molar-refractivity contribution in [2.75, 3.05) is 13.1 Å². The molecule has 1 aliphatic rings. The molecule has 0 bridgehead atoms. The van der Waals surface area contributed by atoms with Gasteiger partial charge in [0, 0.05) is 19.2 Å². The summed E-state index contributed by atoms with van der Waals surface area (Å²) in [5.41, 5.74) is -0.863. The number of likely N-dealkylation sites (tertiary alicyclic amines) is 1. The van der Waals surface area contributed by atoms with E-state index in [0.29, 0.717) is 19.4 Å². The van der Waals surface area contributed by atoms with Crippen LogP contribution in [0.3, 0.4) is 0 Å². The number of H-pyrrole nitrogens is 1. The minimum atomic E-state index is -0.966. The highest BCUT2D eigenvalue weighted by Crippen LogP contribution is 2.30. The molecule has 1 aliphatic heterocycles. The van der Waals surface area contributed by atoms with Gasteiger partial charge in [0.15, 0.2) is 5.69 Å². The molecule has 0 spiro atoms. The van der Waals surface area contributed by atoms with Gasteiger partial charge in [0.2, 0.25) is 0 Å². The summed E-state index contributed by atoms with van der Waals surface area (Å²) in [6.07, 6.45) is 1.11. The van der Waals surface area contributed by atoms with E-state index in [1.165, 1.54) is 17.0 Å². The Morgan fingerprint density at radius 3 is 2.75 bits per heavy atom. The van der Waals surface area contributed by atoms with Crippen LogP contribution in [0.15, 0.2) is 12.1 Å². The highest BCUT2D eigenvalue weighted by atomic mass is 16.6. The summed E-state index contributed by atoms with van der Waals surface area (Å²) < 4.78 is 0. The molecule has 0 aliphatic carbocycles. The first-order chi connectivity index (χ1) is 9.33. The topological polar surface area (TPSA) is 117 Å². The minimum absolute atomic E-state index is 0.103. The summed E-state index contributed by atoms with van der Waals surface area (Å²) in [4.78, 5) is 37.3. The smallest absolute Gasteiger partial charge is 0.321 e. The largest absolute Gasteiger partial charge is 0.481 e. The van der Waals surface area contributed by atoms with Gasteiger partial charge in [0.1, 0.15) is 0 Å². The quantitative estimate of drug-likeness (QED) is 0.638. The van der Waals surface area contributed by atoms with Gasteiger partial charge in [-0.3, -0.25) is 9.59 Å². The number of hydrogen-bond acceptors (Lipinski definition) is 4. The maximum atomic E-state index is 12.2. The molecule has 2 rings (SSSR count). The van der Waals surface area contributed by atoms with Crippen LogP contribution in [0, 0.1) is 15.5 Å². The van der Waals surface area contributed by atoms with E-state index in [1.807, 2.05) is 0 Å². The average Bonchev–Trinajstić information content (AvgIpc) is 2.87. The number of hydrogen-bond donors (Lipinski definition) is 2. The van der Waals surface area contributed by atoms with Gasteiger partial charge in [-0.2, -0.15) is 0 Å². The Hall–Kier alpha value is -2.38. The summed E-state index contributed by atoms with van der Waals surface area (Å²) in [6, 6.07) is 2.56. The van der Waals surface area contributed by atoms with Gasteiger partial charge >= 0.3 is 11.8 Å². The molecule has 1 aromatic rings. The van der Waals surface area contributed by atoms with E-state index in [9.17, 15) is 24.8 Å². The van der Waals surface area contributed by atoms with Gasteiger partial charge in [0.25, 0.3) is 5.91 Å². The van der Waals surface area contributed by atoms with Gasteiger partial charge in [-0.25, -0.2) is 4.98 Å². The van der Waals surface area contributed by atoms with Crippen molar-refractivity contribution in [3.63, 3.8) is 0 Å². The number of carbonyl (C=O) groups excluding carboxylic acids is 1. The molecule has 20 heavy (non-hydrogen) atoms. The predicted molar refractivity (Wildman–Crippen MR) is 68.3 cm³/mol. The van der Waals surface area contributed by atoms with Crippen LogP contribution in [0.2, 0.25) is 0 Å². The molecule has 8 heteroatoms. The maximum Gasteiger partial charge on any atom is 0.321 e. The lowest BCUT2D eigenvalue weighted by atomic mass is 9.82. The van der Waals surface area contributed by atoms with E-state index >= 15 is 0 Å². The van der Waals surface area contributed by atoms with E-state index < -0.39 is 22.2 Å². The van der Waals surface area contributed by atoms with Crippen molar-refractivity contribution < 1.29 is 19.6 Å². The number of carboxylic acids is 1. The van der Waals surface area contributed by atoms with Crippen molar-refractivity contribution in [2.45, 2.75) is 19.8 Å². The third kappa shape index (κ3) is 2.49. The number of aliphatic carboxylic acids is 1. The predicted octanol–water partition coefficient (Wildman–Crippen LogP) is 1.25. The normalized spacial score (nSPS) is 22.6. The van der Waals surface area contributed by atoms with Crippen LogP contribution in [-0.2, 0) is 4.79 Å². The average molecular weight is 281 g/mol. The summed E-state index contributed by atoms with van der Waals surface area (Å²) in [7, 11) is 0. The number of aromatic amines is 1. The first-order valence-corrected chi connectivity index (χ1v) is 6.19. The van der Waals surface area contributed by atoms with Crippen molar-refractivity contribution in [1.29, 1.82) is 0 Å². The standard InChI is InChI=1S/C12H15N3O5/c1-12(11(17)18)5-2-6-14(7-12)10(16)8-3-4-9(13-8)15(19)20/h3-4,13H,2,5-7H2,1H3,(H,17,18). The first-order valence-electron chi connectivity index (χ1n) is 6.19. The van der Waals surface area contributed by atoms with Crippen molar-refractivity contribution in [3.05, 3.63) is 27.9 Å². The fraction of sp³-hybridized carbons (Fsp3) is 0.500. The Kier molecular flexibility index (Phi) is 3.47. The van der Waals surface area contributed by atoms with E-state index in [0.717, 1.165) is 0 Å².